The minimum absolute atomic E-state index is 0.0428. The lowest BCUT2D eigenvalue weighted by Crippen LogP contribution is -2.43. The molecular weight excluding hydrogens is 350 g/mol. The van der Waals surface area contributed by atoms with E-state index in [1.54, 1.807) is 0 Å². The number of carbonyl (C=O) groups is 1. The number of nitrogens with one attached hydrogen (secondary N) is 1. The summed E-state index contributed by atoms with van der Waals surface area (Å²) in [4.78, 5) is 12.7. The Morgan fingerprint density at radius 1 is 1.29 bits per heavy atom. The van der Waals surface area contributed by atoms with Crippen LogP contribution in [0.3, 0.4) is 0 Å². The molecule has 1 atom stereocenters. The van der Waals surface area contributed by atoms with Gasteiger partial charge in [0, 0.05) is 27.1 Å². The molecule has 0 spiro atoms. The van der Waals surface area contributed by atoms with E-state index in [9.17, 15) is 9.00 Å². The van der Waals surface area contributed by atoms with E-state index in [2.05, 4.69) is 28.2 Å². The summed E-state index contributed by atoms with van der Waals surface area (Å²) in [7, 11) is -1.04. The highest BCUT2D eigenvalue weighted by atomic mass is 79.9. The lowest BCUT2D eigenvalue weighted by Gasteiger charge is -2.25. The summed E-state index contributed by atoms with van der Waals surface area (Å²) in [5.41, 5.74) is -0.156. The minimum atomic E-state index is -1.04. The number of halogens is 1. The zero-order valence-electron chi connectivity index (χ0n) is 12.9. The van der Waals surface area contributed by atoms with Crippen LogP contribution in [0.5, 0.6) is 0 Å². The quantitative estimate of drug-likeness (QED) is 0.747. The van der Waals surface area contributed by atoms with Crippen molar-refractivity contribution in [2.24, 2.45) is 0 Å². The summed E-state index contributed by atoms with van der Waals surface area (Å²) >= 11 is 3.35. The van der Waals surface area contributed by atoms with Crippen molar-refractivity contribution >= 4 is 32.6 Å². The van der Waals surface area contributed by atoms with Gasteiger partial charge < -0.3 is 5.32 Å². The lowest BCUT2D eigenvalue weighted by atomic mass is 9.99. The van der Waals surface area contributed by atoms with E-state index < -0.39 is 10.8 Å². The van der Waals surface area contributed by atoms with Gasteiger partial charge in [0.05, 0.1) is 10.8 Å². The molecule has 0 radical (unpaired) electrons. The first-order valence-electron chi connectivity index (χ1n) is 7.29. The fourth-order valence-electron chi connectivity index (χ4n) is 2.20. The summed E-state index contributed by atoms with van der Waals surface area (Å²) in [5.74, 6) is 0.560. The van der Waals surface area contributed by atoms with Crippen LogP contribution in [-0.4, -0.2) is 21.4 Å². The van der Waals surface area contributed by atoms with E-state index in [1.165, 1.54) is 0 Å². The van der Waals surface area contributed by atoms with Crippen molar-refractivity contribution in [3.63, 3.8) is 0 Å². The van der Waals surface area contributed by atoms with E-state index in [4.69, 9.17) is 0 Å². The number of carbonyl (C=O) groups excluding carboxylic acids is 1. The molecule has 0 aliphatic heterocycles. The molecule has 1 rings (SSSR count). The van der Waals surface area contributed by atoms with E-state index in [0.717, 1.165) is 22.2 Å². The van der Waals surface area contributed by atoms with Gasteiger partial charge in [-0.3, -0.25) is 9.00 Å². The maximum absolute atomic E-state index is 12.1. The number of hydrogen-bond acceptors (Lipinski definition) is 2. The first-order valence-corrected chi connectivity index (χ1v) is 9.40. The SMILES string of the molecule is CCCC(C)(C)NC(=O)CCCS(=O)c1ccc(Br)cc1. The molecule has 1 N–H and O–H groups in total. The Hall–Kier alpha value is -0.680. The Kier molecular flexibility index (Phi) is 7.60. The van der Waals surface area contributed by atoms with Crippen molar-refractivity contribution < 1.29 is 9.00 Å². The molecule has 1 aromatic rings. The molecule has 0 fully saturated rings. The second-order valence-electron chi connectivity index (χ2n) is 5.79. The van der Waals surface area contributed by atoms with Crippen LogP contribution in [-0.2, 0) is 15.6 Å². The van der Waals surface area contributed by atoms with Crippen LogP contribution in [0.4, 0.5) is 0 Å². The fourth-order valence-corrected chi connectivity index (χ4v) is 3.54. The molecule has 5 heteroatoms. The van der Waals surface area contributed by atoms with Crippen LogP contribution in [0.2, 0.25) is 0 Å². The normalized spacial score (nSPS) is 13.0. The van der Waals surface area contributed by atoms with Gasteiger partial charge in [0.15, 0.2) is 0 Å². The Balaban J connectivity index is 2.34. The summed E-state index contributed by atoms with van der Waals surface area (Å²) in [5, 5.41) is 3.03. The predicted molar refractivity (Wildman–Crippen MR) is 91.8 cm³/mol. The molecular formula is C16H24BrNO2S. The number of rotatable bonds is 8. The van der Waals surface area contributed by atoms with Crippen molar-refractivity contribution in [1.29, 1.82) is 0 Å². The number of benzene rings is 1. The van der Waals surface area contributed by atoms with Gasteiger partial charge in [-0.1, -0.05) is 29.3 Å². The lowest BCUT2D eigenvalue weighted by molar-refractivity contribution is -0.122. The third kappa shape index (κ3) is 7.23. The highest BCUT2D eigenvalue weighted by Crippen LogP contribution is 2.15. The van der Waals surface area contributed by atoms with Crippen LogP contribution >= 0.6 is 15.9 Å². The molecule has 0 heterocycles. The van der Waals surface area contributed by atoms with Crippen LogP contribution in [0.1, 0.15) is 46.5 Å². The van der Waals surface area contributed by atoms with Crippen LogP contribution < -0.4 is 5.32 Å². The first-order chi connectivity index (χ1) is 9.84. The molecule has 0 bridgehead atoms. The van der Waals surface area contributed by atoms with Crippen molar-refractivity contribution in [2.45, 2.75) is 56.9 Å². The van der Waals surface area contributed by atoms with Crippen molar-refractivity contribution in [3.05, 3.63) is 28.7 Å². The molecule has 3 nitrogen and oxygen atoms in total. The molecule has 21 heavy (non-hydrogen) atoms. The highest BCUT2D eigenvalue weighted by molar-refractivity contribution is 9.10. The first kappa shape index (κ1) is 18.4. The average molecular weight is 374 g/mol. The largest absolute Gasteiger partial charge is 0.351 e. The molecule has 118 valence electrons. The van der Waals surface area contributed by atoms with Gasteiger partial charge >= 0.3 is 0 Å². The number of amides is 1. The second kappa shape index (κ2) is 8.69. The van der Waals surface area contributed by atoms with Gasteiger partial charge in [0.25, 0.3) is 0 Å². The highest BCUT2D eigenvalue weighted by Gasteiger charge is 2.18. The molecule has 1 aromatic carbocycles. The maximum Gasteiger partial charge on any atom is 0.220 e. The van der Waals surface area contributed by atoms with E-state index in [0.29, 0.717) is 18.6 Å². The van der Waals surface area contributed by atoms with Gasteiger partial charge in [-0.05, 0) is 51.0 Å². The smallest absolute Gasteiger partial charge is 0.220 e. The third-order valence-electron chi connectivity index (χ3n) is 3.16. The summed E-state index contributed by atoms with van der Waals surface area (Å²) in [6.45, 7) is 6.18. The second-order valence-corrected chi connectivity index (χ2v) is 8.28. The zero-order valence-corrected chi connectivity index (χ0v) is 15.4. The Morgan fingerprint density at radius 2 is 1.90 bits per heavy atom. The number of hydrogen-bond donors (Lipinski definition) is 1. The van der Waals surface area contributed by atoms with E-state index >= 15 is 0 Å². The van der Waals surface area contributed by atoms with Crippen LogP contribution in [0.15, 0.2) is 33.6 Å². The summed E-state index contributed by atoms with van der Waals surface area (Å²) in [6, 6.07) is 7.47. The molecule has 0 saturated carbocycles. The van der Waals surface area contributed by atoms with Crippen LogP contribution in [0.25, 0.3) is 0 Å². The summed E-state index contributed by atoms with van der Waals surface area (Å²) in [6.07, 6.45) is 3.07. The molecule has 1 amide bonds. The van der Waals surface area contributed by atoms with Crippen molar-refractivity contribution in [1.82, 2.24) is 5.32 Å². The predicted octanol–water partition coefficient (Wildman–Crippen LogP) is 4.03. The molecule has 0 aromatic heterocycles. The fraction of sp³-hybridized carbons (Fsp3) is 0.562. The van der Waals surface area contributed by atoms with Crippen LogP contribution in [0, 0.1) is 0 Å². The van der Waals surface area contributed by atoms with Gasteiger partial charge in [-0.2, -0.15) is 0 Å². The maximum atomic E-state index is 12.1. The van der Waals surface area contributed by atoms with E-state index in [1.807, 2.05) is 38.1 Å². The zero-order chi connectivity index (χ0) is 15.9. The average Bonchev–Trinajstić information content (AvgIpc) is 2.38. The van der Waals surface area contributed by atoms with Gasteiger partial charge in [-0.25, -0.2) is 0 Å². The summed E-state index contributed by atoms with van der Waals surface area (Å²) < 4.78 is 13.1. The third-order valence-corrected chi connectivity index (χ3v) is 5.15. The van der Waals surface area contributed by atoms with E-state index in [-0.39, 0.29) is 11.4 Å². The molecule has 0 aliphatic rings. The van der Waals surface area contributed by atoms with Crippen molar-refractivity contribution in [2.75, 3.05) is 5.75 Å². The standard InChI is InChI=1S/C16H24BrNO2S/c1-4-11-16(2,3)18-15(19)6-5-12-21(20)14-9-7-13(17)8-10-14/h7-10H,4-6,11-12H2,1-3H3,(H,18,19). The minimum Gasteiger partial charge on any atom is -0.351 e. The molecule has 1 unspecified atom stereocenters. The molecule has 0 aliphatic carbocycles. The Bertz CT molecular complexity index is 486. The monoisotopic (exact) mass is 373 g/mol. The van der Waals surface area contributed by atoms with Gasteiger partial charge in [-0.15, -0.1) is 0 Å². The Labute approximate surface area is 138 Å². The Morgan fingerprint density at radius 3 is 2.48 bits per heavy atom. The molecule has 0 saturated heterocycles. The topological polar surface area (TPSA) is 46.2 Å². The van der Waals surface area contributed by atoms with Gasteiger partial charge in [0.1, 0.15) is 0 Å². The van der Waals surface area contributed by atoms with Gasteiger partial charge in [0.2, 0.25) is 5.91 Å². The van der Waals surface area contributed by atoms with Crippen molar-refractivity contribution in [3.8, 4) is 0 Å².